The summed E-state index contributed by atoms with van der Waals surface area (Å²) < 4.78 is 1.92. The van der Waals surface area contributed by atoms with Crippen molar-refractivity contribution >= 4 is 29.1 Å². The molecule has 0 aliphatic carbocycles. The molecule has 25 heavy (non-hydrogen) atoms. The van der Waals surface area contributed by atoms with Crippen molar-refractivity contribution < 1.29 is 4.79 Å². The average molecular weight is 373 g/mol. The monoisotopic (exact) mass is 372 g/mol. The summed E-state index contributed by atoms with van der Waals surface area (Å²) in [6.07, 6.45) is 0. The number of aryl methyl sites for hydroxylation is 2. The standard InChI is InChI=1S/C20H18Cl2N2O/c1-14-7-8-15(2)24(14)23(13-17-5-3-4-6-19(17)22)20(25)16-9-11-18(21)12-10-16/h3-12H,13H2,1-2H3. The summed E-state index contributed by atoms with van der Waals surface area (Å²) in [5.41, 5.74) is 3.42. The molecule has 0 fully saturated rings. The Labute approximate surface area is 157 Å². The quantitative estimate of drug-likeness (QED) is 0.602. The van der Waals surface area contributed by atoms with Gasteiger partial charge in [-0.3, -0.25) is 9.47 Å². The predicted octanol–water partition coefficient (Wildman–Crippen LogP) is 5.39. The smallest absolute Gasteiger partial charge is 0.267 e. The number of hydrogen-bond acceptors (Lipinski definition) is 1. The zero-order chi connectivity index (χ0) is 18.0. The fourth-order valence-corrected chi connectivity index (χ4v) is 3.13. The summed E-state index contributed by atoms with van der Waals surface area (Å²) in [7, 11) is 0. The number of nitrogens with zero attached hydrogens (tertiary/aromatic N) is 2. The van der Waals surface area contributed by atoms with Crippen LogP contribution in [0.2, 0.25) is 10.0 Å². The van der Waals surface area contributed by atoms with Gasteiger partial charge in [-0.1, -0.05) is 41.4 Å². The lowest BCUT2D eigenvalue weighted by Gasteiger charge is -2.27. The molecule has 0 unspecified atom stereocenters. The normalized spacial score (nSPS) is 10.7. The Morgan fingerprint density at radius 1 is 0.920 bits per heavy atom. The zero-order valence-corrected chi connectivity index (χ0v) is 15.6. The van der Waals surface area contributed by atoms with Crippen LogP contribution in [-0.4, -0.2) is 10.6 Å². The Balaban J connectivity index is 2.04. The number of hydrogen-bond donors (Lipinski definition) is 0. The fourth-order valence-electron chi connectivity index (χ4n) is 2.80. The molecule has 0 bridgehead atoms. The van der Waals surface area contributed by atoms with Crippen LogP contribution in [0.1, 0.15) is 27.3 Å². The van der Waals surface area contributed by atoms with Gasteiger partial charge in [0.05, 0.1) is 6.54 Å². The van der Waals surface area contributed by atoms with Crippen molar-refractivity contribution in [3.05, 3.63) is 93.2 Å². The second-order valence-corrected chi connectivity index (χ2v) is 6.73. The maximum atomic E-state index is 13.2. The number of carbonyl (C=O) groups excluding carboxylic acids is 1. The van der Waals surface area contributed by atoms with E-state index in [-0.39, 0.29) is 5.91 Å². The third kappa shape index (κ3) is 3.73. The van der Waals surface area contributed by atoms with Crippen LogP contribution in [0.15, 0.2) is 60.7 Å². The van der Waals surface area contributed by atoms with Crippen LogP contribution in [0.3, 0.4) is 0 Å². The molecule has 128 valence electrons. The second-order valence-electron chi connectivity index (χ2n) is 5.89. The van der Waals surface area contributed by atoms with E-state index >= 15 is 0 Å². The second kappa shape index (κ2) is 7.34. The molecule has 0 saturated heterocycles. The molecule has 1 aromatic heterocycles. The molecule has 1 amide bonds. The number of carbonyl (C=O) groups is 1. The molecule has 5 heteroatoms. The molecule has 3 nitrogen and oxygen atoms in total. The fraction of sp³-hybridized carbons (Fsp3) is 0.150. The van der Waals surface area contributed by atoms with Crippen molar-refractivity contribution in [3.63, 3.8) is 0 Å². The van der Waals surface area contributed by atoms with Crippen LogP contribution in [-0.2, 0) is 6.54 Å². The van der Waals surface area contributed by atoms with E-state index in [1.807, 2.05) is 54.9 Å². The highest BCUT2D eigenvalue weighted by Gasteiger charge is 2.21. The van der Waals surface area contributed by atoms with Crippen molar-refractivity contribution in [1.29, 1.82) is 0 Å². The van der Waals surface area contributed by atoms with Gasteiger partial charge in [0.1, 0.15) is 0 Å². The van der Waals surface area contributed by atoms with Crippen LogP contribution < -0.4 is 5.01 Å². The van der Waals surface area contributed by atoms with Gasteiger partial charge in [0.25, 0.3) is 5.91 Å². The lowest BCUT2D eigenvalue weighted by atomic mass is 10.2. The molecule has 0 aliphatic heterocycles. The molecule has 0 aliphatic rings. The van der Waals surface area contributed by atoms with Gasteiger partial charge in [0.15, 0.2) is 0 Å². The van der Waals surface area contributed by atoms with Crippen molar-refractivity contribution in [2.75, 3.05) is 5.01 Å². The highest BCUT2D eigenvalue weighted by molar-refractivity contribution is 6.31. The van der Waals surface area contributed by atoms with Crippen LogP contribution in [0, 0.1) is 13.8 Å². The van der Waals surface area contributed by atoms with Crippen molar-refractivity contribution in [3.8, 4) is 0 Å². The highest BCUT2D eigenvalue weighted by Crippen LogP contribution is 2.20. The van der Waals surface area contributed by atoms with Gasteiger partial charge in [-0.15, -0.1) is 0 Å². The lowest BCUT2D eigenvalue weighted by molar-refractivity contribution is 0.0954. The van der Waals surface area contributed by atoms with Gasteiger partial charge < -0.3 is 0 Å². The number of aromatic nitrogens is 1. The SMILES string of the molecule is Cc1ccc(C)n1N(Cc1ccccc1Cl)C(=O)c1ccc(Cl)cc1. The van der Waals surface area contributed by atoms with E-state index in [4.69, 9.17) is 23.2 Å². The van der Waals surface area contributed by atoms with Gasteiger partial charge >= 0.3 is 0 Å². The van der Waals surface area contributed by atoms with Gasteiger partial charge in [-0.05, 0) is 61.9 Å². The Morgan fingerprint density at radius 2 is 1.52 bits per heavy atom. The maximum Gasteiger partial charge on any atom is 0.273 e. The van der Waals surface area contributed by atoms with Gasteiger partial charge in [-0.25, -0.2) is 5.01 Å². The predicted molar refractivity (Wildman–Crippen MR) is 103 cm³/mol. The van der Waals surface area contributed by atoms with E-state index in [2.05, 4.69) is 0 Å². The minimum absolute atomic E-state index is 0.112. The average Bonchev–Trinajstić information content (AvgIpc) is 2.93. The van der Waals surface area contributed by atoms with Gasteiger partial charge in [-0.2, -0.15) is 0 Å². The van der Waals surface area contributed by atoms with Crippen molar-refractivity contribution in [2.24, 2.45) is 0 Å². The summed E-state index contributed by atoms with van der Waals surface area (Å²) in [5, 5.41) is 2.94. The van der Waals surface area contributed by atoms with E-state index in [1.165, 1.54) is 0 Å². The maximum absolute atomic E-state index is 13.2. The highest BCUT2D eigenvalue weighted by atomic mass is 35.5. The Hall–Kier alpha value is -2.23. The first kappa shape index (κ1) is 17.6. The van der Waals surface area contributed by atoms with E-state index in [0.717, 1.165) is 17.0 Å². The molecule has 0 atom stereocenters. The zero-order valence-electron chi connectivity index (χ0n) is 14.0. The molecule has 1 heterocycles. The Kier molecular flexibility index (Phi) is 5.16. The summed E-state index contributed by atoms with van der Waals surface area (Å²) in [5.74, 6) is -0.112. The summed E-state index contributed by atoms with van der Waals surface area (Å²) in [6.45, 7) is 4.32. The number of amides is 1. The largest absolute Gasteiger partial charge is 0.273 e. The topological polar surface area (TPSA) is 25.2 Å². The van der Waals surface area contributed by atoms with Crippen molar-refractivity contribution in [1.82, 2.24) is 4.68 Å². The van der Waals surface area contributed by atoms with E-state index < -0.39 is 0 Å². The molecular weight excluding hydrogens is 355 g/mol. The van der Waals surface area contributed by atoms with Gasteiger partial charge in [0, 0.05) is 27.0 Å². The molecule has 2 aromatic carbocycles. The summed E-state index contributed by atoms with van der Waals surface area (Å²) in [6, 6.07) is 18.4. The summed E-state index contributed by atoms with van der Waals surface area (Å²) >= 11 is 12.3. The van der Waals surface area contributed by atoms with Crippen molar-refractivity contribution in [2.45, 2.75) is 20.4 Å². The molecule has 0 spiro atoms. The van der Waals surface area contributed by atoms with Crippen LogP contribution in [0.5, 0.6) is 0 Å². The third-order valence-electron chi connectivity index (χ3n) is 4.08. The van der Waals surface area contributed by atoms with Crippen LogP contribution in [0.25, 0.3) is 0 Å². The van der Waals surface area contributed by atoms with E-state index in [9.17, 15) is 4.79 Å². The molecular formula is C20H18Cl2N2O. The Morgan fingerprint density at radius 3 is 2.12 bits per heavy atom. The van der Waals surface area contributed by atoms with Crippen LogP contribution >= 0.6 is 23.2 Å². The molecule has 3 aromatic rings. The molecule has 3 rings (SSSR count). The molecule has 0 N–H and O–H groups in total. The number of benzene rings is 2. The minimum atomic E-state index is -0.112. The first-order chi connectivity index (χ1) is 12.0. The molecule has 0 saturated carbocycles. The van der Waals surface area contributed by atoms with Gasteiger partial charge in [0.2, 0.25) is 0 Å². The van der Waals surface area contributed by atoms with E-state index in [1.54, 1.807) is 29.3 Å². The number of halogens is 2. The first-order valence-electron chi connectivity index (χ1n) is 7.93. The minimum Gasteiger partial charge on any atom is -0.267 e. The first-order valence-corrected chi connectivity index (χ1v) is 8.69. The Bertz CT molecular complexity index is 881. The van der Waals surface area contributed by atoms with Crippen LogP contribution in [0.4, 0.5) is 0 Å². The lowest BCUT2D eigenvalue weighted by Crippen LogP contribution is -2.41. The number of rotatable bonds is 4. The van der Waals surface area contributed by atoms with E-state index in [0.29, 0.717) is 22.2 Å². The third-order valence-corrected chi connectivity index (χ3v) is 4.70. The summed E-state index contributed by atoms with van der Waals surface area (Å²) in [4.78, 5) is 13.2. The molecule has 0 radical (unpaired) electrons.